The molecule has 2 N–H and O–H groups in total. The second-order valence-electron chi connectivity index (χ2n) is 14.0. The number of rotatable bonds is 6. The number of nitrogens with zero attached hydrogens (tertiary/aromatic N) is 6. The maximum atomic E-state index is 10.5. The first-order valence-corrected chi connectivity index (χ1v) is 18.3. The monoisotopic (exact) mass is 738 g/mol. The van der Waals surface area contributed by atoms with Crippen molar-refractivity contribution in [3.05, 3.63) is 137 Å². The van der Waals surface area contributed by atoms with E-state index in [-0.39, 0.29) is 18.9 Å². The molecular weight excluding hydrogens is 692 g/mol. The van der Waals surface area contributed by atoms with Crippen LogP contribution in [0.4, 0.5) is 5.82 Å². The van der Waals surface area contributed by atoms with E-state index in [0.717, 1.165) is 64.9 Å². The Balaban J connectivity index is 0.000000211. The van der Waals surface area contributed by atoms with Crippen LogP contribution in [0, 0.1) is 19.8 Å². The Bertz CT molecular complexity index is 2390. The zero-order valence-corrected chi connectivity index (χ0v) is 31.2. The van der Waals surface area contributed by atoms with E-state index in [4.69, 9.17) is 21.6 Å². The van der Waals surface area contributed by atoms with Gasteiger partial charge in [0.1, 0.15) is 22.5 Å². The van der Waals surface area contributed by atoms with Gasteiger partial charge in [0.2, 0.25) is 0 Å². The molecule has 1 atom stereocenters. The Morgan fingerprint density at radius 2 is 1.20 bits per heavy atom. The average Bonchev–Trinajstić information content (AvgIpc) is 3.15. The zero-order chi connectivity index (χ0) is 37.1. The first kappa shape index (κ1) is 38.2. The normalized spacial score (nSPS) is 14.5. The number of phenolic OH excluding ortho intramolecular Hbond substituents is 2. The van der Waals surface area contributed by atoms with E-state index in [1.165, 1.54) is 5.56 Å². The molecule has 8 nitrogen and oxygen atoms in total. The van der Waals surface area contributed by atoms with Crippen LogP contribution in [0.3, 0.4) is 0 Å². The quantitative estimate of drug-likeness (QED) is 0.163. The summed E-state index contributed by atoms with van der Waals surface area (Å²) in [5.74, 6) is 2.77. The fraction of sp³-hybridized carbons (Fsp3) is 0.244. The Morgan fingerprint density at radius 3 is 1.80 bits per heavy atom. The Kier molecular flexibility index (Phi) is 11.7. The summed E-state index contributed by atoms with van der Waals surface area (Å²) in [6.07, 6.45) is 0. The van der Waals surface area contributed by atoms with Gasteiger partial charge in [-0.1, -0.05) is 99.6 Å². The molecule has 1 aliphatic heterocycles. The topological polar surface area (TPSA) is 98.5 Å². The summed E-state index contributed by atoms with van der Waals surface area (Å²) in [4.78, 5) is 23.7. The lowest BCUT2D eigenvalue weighted by Gasteiger charge is -2.44. The van der Waals surface area contributed by atoms with Crippen molar-refractivity contribution in [3.8, 4) is 34.3 Å². The van der Waals surface area contributed by atoms with E-state index in [0.29, 0.717) is 39.9 Å². The van der Waals surface area contributed by atoms with Crippen molar-refractivity contribution in [3.63, 3.8) is 0 Å². The third-order valence-corrected chi connectivity index (χ3v) is 10.0. The van der Waals surface area contributed by atoms with Crippen LogP contribution in [0.5, 0.6) is 11.5 Å². The number of hydrogen-bond acceptors (Lipinski definition) is 8. The van der Waals surface area contributed by atoms with E-state index in [9.17, 15) is 10.2 Å². The van der Waals surface area contributed by atoms with Gasteiger partial charge in [0.25, 0.3) is 0 Å². The van der Waals surface area contributed by atoms with Gasteiger partial charge in [0.15, 0.2) is 11.6 Å². The van der Waals surface area contributed by atoms with Crippen LogP contribution in [0.25, 0.3) is 44.6 Å². The molecule has 2 aromatic heterocycles. The summed E-state index contributed by atoms with van der Waals surface area (Å²) in [5, 5.41) is 22.6. The number of phenols is 2. The number of benzene rings is 5. The van der Waals surface area contributed by atoms with Gasteiger partial charge in [-0.05, 0) is 85.0 Å². The minimum Gasteiger partial charge on any atom is -0.507 e. The molecule has 0 unspecified atom stereocenters. The van der Waals surface area contributed by atoms with Crippen molar-refractivity contribution in [1.82, 2.24) is 24.8 Å². The lowest BCUT2D eigenvalue weighted by molar-refractivity contribution is 0.192. The molecule has 0 saturated carbocycles. The summed E-state index contributed by atoms with van der Waals surface area (Å²) >= 11 is 6.18. The molecule has 0 amide bonds. The first-order chi connectivity index (χ1) is 25.6. The maximum absolute atomic E-state index is 10.5. The van der Waals surface area contributed by atoms with Gasteiger partial charge in [-0.3, -0.25) is 4.90 Å². The van der Waals surface area contributed by atoms with Crippen molar-refractivity contribution >= 4 is 39.2 Å². The minimum absolute atomic E-state index is 0. The summed E-state index contributed by atoms with van der Waals surface area (Å²) in [5.41, 5.74) is 6.54. The van der Waals surface area contributed by atoms with Crippen LogP contribution < -0.4 is 4.90 Å². The predicted octanol–water partition coefficient (Wildman–Crippen LogP) is 10.3. The molecule has 3 heterocycles. The molecule has 54 heavy (non-hydrogen) atoms. The smallest absolute Gasteiger partial charge is 0.165 e. The number of halogens is 1. The van der Waals surface area contributed by atoms with Crippen molar-refractivity contribution in [1.29, 1.82) is 0 Å². The van der Waals surface area contributed by atoms with E-state index < -0.39 is 0 Å². The second kappa shape index (κ2) is 16.6. The van der Waals surface area contributed by atoms with Gasteiger partial charge >= 0.3 is 0 Å². The van der Waals surface area contributed by atoms with Crippen LogP contribution in [0.1, 0.15) is 38.0 Å². The van der Waals surface area contributed by atoms with Gasteiger partial charge < -0.3 is 15.1 Å². The number of aryl methyl sites for hydroxylation is 2. The molecule has 1 saturated heterocycles. The molecule has 1 aliphatic rings. The Labute approximate surface area is 322 Å². The van der Waals surface area contributed by atoms with Gasteiger partial charge in [0.05, 0.1) is 22.2 Å². The lowest BCUT2D eigenvalue weighted by Crippen LogP contribution is -2.55. The minimum atomic E-state index is 0. The number of aromatic nitrogens is 4. The van der Waals surface area contributed by atoms with Gasteiger partial charge in [0, 0.05) is 43.0 Å². The SMILES string of the molecule is C.Cc1ccc2c(Cl)nc(-c3ccccc3O)nc2c1.Cc1ccc2c(N3CCN(Cc4ccccc4)C[C@@H]3C(C)C)nc(-c3ccccc3O)nc2c1. The fourth-order valence-electron chi connectivity index (χ4n) is 6.90. The van der Waals surface area contributed by atoms with E-state index in [1.54, 1.807) is 24.3 Å². The predicted molar refractivity (Wildman–Crippen MR) is 222 cm³/mol. The molecule has 8 rings (SSSR count). The second-order valence-corrected chi connectivity index (χ2v) is 14.4. The number of hydrogen-bond donors (Lipinski definition) is 2. The molecular formula is C45H47ClN6O2. The number of fused-ring (bicyclic) bond motifs is 2. The molecule has 5 aromatic carbocycles. The highest BCUT2D eigenvalue weighted by molar-refractivity contribution is 6.34. The number of aromatic hydroxyl groups is 2. The molecule has 1 fully saturated rings. The molecule has 0 aliphatic carbocycles. The highest BCUT2D eigenvalue weighted by Crippen LogP contribution is 2.35. The standard InChI is InChI=1S/C29H32N4O.C15H11ClN2O.CH4/c1-20(2)26-19-32(18-22-9-5-4-6-10-22)15-16-33(26)29-23-14-13-21(3)17-25(23)30-28(31-29)24-11-7-8-12-27(24)34;1-9-6-7-10-12(8-9)17-15(18-14(10)16)11-4-2-3-5-13(11)19;/h4-14,17,20,26,34H,15-16,18-19H2,1-3H3;2-8,19H,1H3;1H4/t26-;;/m1../s1. The van der Waals surface area contributed by atoms with E-state index >= 15 is 0 Å². The first-order valence-electron chi connectivity index (χ1n) is 18.0. The van der Waals surface area contributed by atoms with Crippen LogP contribution in [-0.4, -0.2) is 60.7 Å². The molecule has 9 heteroatoms. The van der Waals surface area contributed by atoms with Gasteiger partial charge in [-0.15, -0.1) is 0 Å². The summed E-state index contributed by atoms with van der Waals surface area (Å²) in [6, 6.07) is 37.5. The zero-order valence-electron chi connectivity index (χ0n) is 30.4. The third-order valence-electron chi connectivity index (χ3n) is 9.72. The van der Waals surface area contributed by atoms with Gasteiger partial charge in [-0.2, -0.15) is 0 Å². The van der Waals surface area contributed by atoms with Crippen LogP contribution in [0.15, 0.2) is 115 Å². The highest BCUT2D eigenvalue weighted by Gasteiger charge is 2.32. The maximum Gasteiger partial charge on any atom is 0.165 e. The molecule has 0 radical (unpaired) electrons. The Hall–Kier alpha value is -5.57. The van der Waals surface area contributed by atoms with E-state index in [1.807, 2.05) is 49.4 Å². The van der Waals surface area contributed by atoms with Crippen molar-refractivity contribution in [2.75, 3.05) is 24.5 Å². The van der Waals surface area contributed by atoms with Crippen LogP contribution in [-0.2, 0) is 6.54 Å². The molecule has 0 spiro atoms. The largest absolute Gasteiger partial charge is 0.507 e. The number of anilines is 1. The third kappa shape index (κ3) is 8.30. The van der Waals surface area contributed by atoms with Crippen LogP contribution >= 0.6 is 11.6 Å². The van der Waals surface area contributed by atoms with Crippen molar-refractivity contribution < 1.29 is 10.2 Å². The summed E-state index contributed by atoms with van der Waals surface area (Å²) in [6.45, 7) is 12.5. The summed E-state index contributed by atoms with van der Waals surface area (Å²) < 4.78 is 0. The van der Waals surface area contributed by atoms with Gasteiger partial charge in [-0.25, -0.2) is 19.9 Å². The average molecular weight is 739 g/mol. The van der Waals surface area contributed by atoms with Crippen LogP contribution in [0.2, 0.25) is 5.15 Å². The number of para-hydroxylation sites is 2. The van der Waals surface area contributed by atoms with E-state index in [2.05, 4.69) is 89.1 Å². The Morgan fingerprint density at radius 1 is 0.667 bits per heavy atom. The van der Waals surface area contributed by atoms with Crippen molar-refractivity contribution in [2.24, 2.45) is 5.92 Å². The summed E-state index contributed by atoms with van der Waals surface area (Å²) in [7, 11) is 0. The van der Waals surface area contributed by atoms with Crippen molar-refractivity contribution in [2.45, 2.75) is 47.7 Å². The highest BCUT2D eigenvalue weighted by atomic mass is 35.5. The lowest BCUT2D eigenvalue weighted by atomic mass is 9.98. The number of piperazine rings is 1. The molecule has 7 aromatic rings. The molecule has 276 valence electrons. The molecule has 0 bridgehead atoms. The fourth-order valence-corrected chi connectivity index (χ4v) is 7.14.